The molecule has 56 valence electrons. The van der Waals surface area contributed by atoms with E-state index in [0.29, 0.717) is 0 Å². The topological polar surface area (TPSA) is 30.7 Å². The summed E-state index contributed by atoms with van der Waals surface area (Å²) in [5.74, 6) is 0. The fourth-order valence-corrected chi connectivity index (χ4v) is 1.15. The number of hydrogen-bond acceptors (Lipinski definition) is 2. The van der Waals surface area contributed by atoms with E-state index >= 15 is 0 Å². The molecule has 0 amide bonds. The molecule has 0 unspecified atom stereocenters. The molecular weight excluding hydrogens is 138 g/mol. The van der Waals surface area contributed by atoms with Crippen LogP contribution >= 0.6 is 0 Å². The zero-order valence-corrected chi connectivity index (χ0v) is 6.57. The van der Waals surface area contributed by atoms with Crippen LogP contribution in [0.4, 0.5) is 0 Å². The van der Waals surface area contributed by atoms with E-state index in [4.69, 9.17) is 0 Å². The number of rotatable bonds is 0. The van der Waals surface area contributed by atoms with Crippen molar-refractivity contribution in [1.29, 1.82) is 0 Å². The van der Waals surface area contributed by atoms with Gasteiger partial charge in [-0.3, -0.25) is 9.67 Å². The maximum Gasteiger partial charge on any atom is 0.0712 e. The lowest BCUT2D eigenvalue weighted by Gasteiger charge is -1.93. The zero-order chi connectivity index (χ0) is 7.84. The van der Waals surface area contributed by atoms with Crippen LogP contribution in [0.15, 0.2) is 18.5 Å². The standard InChI is InChI=1S/C8H9N3/c1-6-3-8-7(4-9-6)5-10-11(8)2/h3-5H,1-2H3. The van der Waals surface area contributed by atoms with Crippen molar-refractivity contribution in [2.24, 2.45) is 7.05 Å². The summed E-state index contributed by atoms with van der Waals surface area (Å²) in [5.41, 5.74) is 2.17. The van der Waals surface area contributed by atoms with Gasteiger partial charge in [-0.2, -0.15) is 5.10 Å². The highest BCUT2D eigenvalue weighted by Gasteiger charge is 1.97. The van der Waals surface area contributed by atoms with Gasteiger partial charge >= 0.3 is 0 Å². The Labute approximate surface area is 64.7 Å². The van der Waals surface area contributed by atoms with E-state index < -0.39 is 0 Å². The lowest BCUT2D eigenvalue weighted by molar-refractivity contribution is 0.796. The number of pyridine rings is 1. The minimum absolute atomic E-state index is 1.03. The zero-order valence-electron chi connectivity index (χ0n) is 6.57. The fourth-order valence-electron chi connectivity index (χ4n) is 1.15. The Balaban J connectivity index is 2.87. The van der Waals surface area contributed by atoms with Crippen molar-refractivity contribution in [2.75, 3.05) is 0 Å². The molecule has 2 aromatic rings. The van der Waals surface area contributed by atoms with Gasteiger partial charge in [0.2, 0.25) is 0 Å². The van der Waals surface area contributed by atoms with E-state index in [1.54, 1.807) is 0 Å². The molecule has 0 saturated carbocycles. The van der Waals surface area contributed by atoms with Crippen molar-refractivity contribution in [1.82, 2.24) is 14.8 Å². The van der Waals surface area contributed by atoms with Gasteiger partial charge in [-0.1, -0.05) is 0 Å². The van der Waals surface area contributed by atoms with Crippen molar-refractivity contribution in [3.8, 4) is 0 Å². The second kappa shape index (κ2) is 2.05. The molecule has 0 aliphatic carbocycles. The third kappa shape index (κ3) is 0.888. The Hall–Kier alpha value is -1.38. The van der Waals surface area contributed by atoms with Gasteiger partial charge in [0.1, 0.15) is 0 Å². The van der Waals surface area contributed by atoms with Crippen molar-refractivity contribution >= 4 is 10.9 Å². The Morgan fingerprint density at radius 1 is 1.36 bits per heavy atom. The van der Waals surface area contributed by atoms with E-state index in [1.807, 2.05) is 37.1 Å². The van der Waals surface area contributed by atoms with E-state index in [2.05, 4.69) is 10.1 Å². The van der Waals surface area contributed by atoms with Crippen LogP contribution in [0, 0.1) is 6.92 Å². The summed E-state index contributed by atoms with van der Waals surface area (Å²) >= 11 is 0. The fraction of sp³-hybridized carbons (Fsp3) is 0.250. The molecule has 3 nitrogen and oxygen atoms in total. The van der Waals surface area contributed by atoms with E-state index in [-0.39, 0.29) is 0 Å². The quantitative estimate of drug-likeness (QED) is 0.562. The monoisotopic (exact) mass is 147 g/mol. The Morgan fingerprint density at radius 3 is 3.00 bits per heavy atom. The summed E-state index contributed by atoms with van der Waals surface area (Å²) < 4.78 is 1.85. The molecule has 0 saturated heterocycles. The molecule has 0 aliphatic rings. The predicted molar refractivity (Wildman–Crippen MR) is 43.2 cm³/mol. The van der Waals surface area contributed by atoms with Gasteiger partial charge in [0.15, 0.2) is 0 Å². The van der Waals surface area contributed by atoms with Crippen molar-refractivity contribution < 1.29 is 0 Å². The maximum atomic E-state index is 4.17. The molecule has 0 N–H and O–H groups in total. The first-order chi connectivity index (χ1) is 5.27. The molecule has 3 heteroatoms. The molecule has 2 aromatic heterocycles. The van der Waals surface area contributed by atoms with Gasteiger partial charge in [-0.25, -0.2) is 0 Å². The minimum atomic E-state index is 1.03. The van der Waals surface area contributed by atoms with Crippen LogP contribution in [-0.2, 0) is 7.05 Å². The number of fused-ring (bicyclic) bond motifs is 1. The average Bonchev–Trinajstić information content (AvgIpc) is 2.33. The smallest absolute Gasteiger partial charge is 0.0712 e. The highest BCUT2D eigenvalue weighted by atomic mass is 15.2. The predicted octanol–water partition coefficient (Wildman–Crippen LogP) is 1.28. The Bertz CT molecular complexity index is 389. The van der Waals surface area contributed by atoms with Gasteiger partial charge in [0.05, 0.1) is 11.7 Å². The molecule has 0 radical (unpaired) electrons. The highest BCUT2D eigenvalue weighted by molar-refractivity contribution is 5.77. The molecule has 0 bridgehead atoms. The summed E-state index contributed by atoms with van der Waals surface area (Å²) in [6.07, 6.45) is 3.67. The van der Waals surface area contributed by atoms with Crippen molar-refractivity contribution in [3.05, 3.63) is 24.2 Å². The second-order valence-electron chi connectivity index (χ2n) is 2.65. The Kier molecular flexibility index (Phi) is 1.18. The van der Waals surface area contributed by atoms with Crippen LogP contribution in [0.2, 0.25) is 0 Å². The lowest BCUT2D eigenvalue weighted by Crippen LogP contribution is -1.89. The summed E-state index contributed by atoms with van der Waals surface area (Å²) in [6.45, 7) is 1.98. The van der Waals surface area contributed by atoms with Crippen LogP contribution in [-0.4, -0.2) is 14.8 Å². The van der Waals surface area contributed by atoms with Crippen LogP contribution in [0.25, 0.3) is 10.9 Å². The van der Waals surface area contributed by atoms with Crippen LogP contribution in [0.3, 0.4) is 0 Å². The maximum absolute atomic E-state index is 4.17. The number of aryl methyl sites for hydroxylation is 2. The van der Waals surface area contributed by atoms with Gasteiger partial charge < -0.3 is 0 Å². The largest absolute Gasteiger partial charge is 0.268 e. The highest BCUT2D eigenvalue weighted by Crippen LogP contribution is 2.11. The third-order valence-electron chi connectivity index (χ3n) is 1.77. The molecule has 0 atom stereocenters. The average molecular weight is 147 g/mol. The van der Waals surface area contributed by atoms with Gasteiger partial charge in [-0.05, 0) is 13.0 Å². The summed E-state index contributed by atoms with van der Waals surface area (Å²) in [6, 6.07) is 2.03. The van der Waals surface area contributed by atoms with Crippen LogP contribution in [0.1, 0.15) is 5.69 Å². The lowest BCUT2D eigenvalue weighted by atomic mass is 10.3. The molecule has 2 rings (SSSR count). The first kappa shape index (κ1) is 6.34. The molecule has 0 aromatic carbocycles. The summed E-state index contributed by atoms with van der Waals surface area (Å²) in [4.78, 5) is 4.17. The number of aromatic nitrogens is 3. The first-order valence-corrected chi connectivity index (χ1v) is 3.52. The minimum Gasteiger partial charge on any atom is -0.268 e. The van der Waals surface area contributed by atoms with E-state index in [1.165, 1.54) is 0 Å². The van der Waals surface area contributed by atoms with Crippen molar-refractivity contribution in [3.63, 3.8) is 0 Å². The van der Waals surface area contributed by atoms with Gasteiger partial charge in [0, 0.05) is 24.3 Å². The normalized spacial score (nSPS) is 10.7. The van der Waals surface area contributed by atoms with Gasteiger partial charge in [-0.15, -0.1) is 0 Å². The van der Waals surface area contributed by atoms with Gasteiger partial charge in [0.25, 0.3) is 0 Å². The molecule has 0 fully saturated rings. The second-order valence-corrected chi connectivity index (χ2v) is 2.65. The van der Waals surface area contributed by atoms with Crippen LogP contribution < -0.4 is 0 Å². The molecule has 0 spiro atoms. The first-order valence-electron chi connectivity index (χ1n) is 3.52. The molecule has 0 aliphatic heterocycles. The van der Waals surface area contributed by atoms with E-state index in [0.717, 1.165) is 16.6 Å². The van der Waals surface area contributed by atoms with E-state index in [9.17, 15) is 0 Å². The summed E-state index contributed by atoms with van der Waals surface area (Å²) in [5, 5.41) is 5.21. The molecule has 11 heavy (non-hydrogen) atoms. The van der Waals surface area contributed by atoms with Crippen molar-refractivity contribution in [2.45, 2.75) is 6.92 Å². The SMILES string of the molecule is Cc1cc2c(cn1)cnn2C. The number of nitrogens with zero attached hydrogens (tertiary/aromatic N) is 3. The van der Waals surface area contributed by atoms with Crippen LogP contribution in [0.5, 0.6) is 0 Å². The summed E-state index contributed by atoms with van der Waals surface area (Å²) in [7, 11) is 1.93. The Morgan fingerprint density at radius 2 is 2.18 bits per heavy atom. The molecular formula is C8H9N3. The molecule has 2 heterocycles. The third-order valence-corrected chi connectivity index (χ3v) is 1.77. The number of hydrogen-bond donors (Lipinski definition) is 0.